The Morgan fingerprint density at radius 3 is 2.00 bits per heavy atom. The molecule has 0 aromatic heterocycles. The standard InChI is InChI=1S/C13H16O3/c1-16-13(15)11-9-7-5-3-2-4-6-8-10-12-14/h2-11,14H,12H2,1H3/b3-2+,6-4+,7-5+,10-8+,11-9+. The van der Waals surface area contributed by atoms with Gasteiger partial charge in [0.2, 0.25) is 0 Å². The monoisotopic (exact) mass is 220 g/mol. The lowest BCUT2D eigenvalue weighted by molar-refractivity contribution is -0.134. The fourth-order valence-electron chi connectivity index (χ4n) is 0.726. The molecule has 0 heterocycles. The van der Waals surface area contributed by atoms with E-state index in [1.165, 1.54) is 13.2 Å². The van der Waals surface area contributed by atoms with E-state index in [1.54, 1.807) is 30.4 Å². The van der Waals surface area contributed by atoms with Crippen LogP contribution in [0.1, 0.15) is 0 Å². The first-order valence-electron chi connectivity index (χ1n) is 4.83. The number of ether oxygens (including phenoxy) is 1. The predicted molar refractivity (Wildman–Crippen MR) is 64.8 cm³/mol. The first kappa shape index (κ1) is 14.1. The molecule has 0 unspecified atom stereocenters. The van der Waals surface area contributed by atoms with E-state index in [4.69, 9.17) is 5.11 Å². The minimum atomic E-state index is -0.373. The van der Waals surface area contributed by atoms with Crippen LogP contribution in [0, 0.1) is 0 Å². The summed E-state index contributed by atoms with van der Waals surface area (Å²) < 4.78 is 4.42. The van der Waals surface area contributed by atoms with Crippen molar-refractivity contribution in [2.75, 3.05) is 13.7 Å². The molecule has 1 N–H and O–H groups in total. The highest BCUT2D eigenvalue weighted by molar-refractivity contribution is 5.82. The van der Waals surface area contributed by atoms with Crippen molar-refractivity contribution in [3.63, 3.8) is 0 Å². The summed E-state index contributed by atoms with van der Waals surface area (Å²) in [6, 6.07) is 0. The Morgan fingerprint density at radius 2 is 1.50 bits per heavy atom. The zero-order valence-electron chi connectivity index (χ0n) is 9.24. The summed E-state index contributed by atoms with van der Waals surface area (Å²) in [5.74, 6) is -0.373. The topological polar surface area (TPSA) is 46.5 Å². The van der Waals surface area contributed by atoms with Crippen molar-refractivity contribution in [1.29, 1.82) is 0 Å². The molecule has 86 valence electrons. The number of rotatable bonds is 6. The number of aliphatic hydroxyl groups is 1. The molecule has 0 spiro atoms. The molecule has 3 nitrogen and oxygen atoms in total. The quantitative estimate of drug-likeness (QED) is 0.422. The van der Waals surface area contributed by atoms with E-state index in [0.717, 1.165) is 0 Å². The van der Waals surface area contributed by atoms with Crippen molar-refractivity contribution in [3.8, 4) is 0 Å². The molecule has 0 aliphatic heterocycles. The van der Waals surface area contributed by atoms with Crippen LogP contribution in [-0.2, 0) is 9.53 Å². The molecule has 0 aromatic carbocycles. The van der Waals surface area contributed by atoms with E-state index in [0.29, 0.717) is 0 Å². The van der Waals surface area contributed by atoms with Crippen molar-refractivity contribution >= 4 is 5.97 Å². The van der Waals surface area contributed by atoms with E-state index in [2.05, 4.69) is 4.74 Å². The van der Waals surface area contributed by atoms with Gasteiger partial charge in [-0.1, -0.05) is 54.7 Å². The SMILES string of the molecule is COC(=O)/C=C/C=C/C=C/C=C/C=C/CO. The summed E-state index contributed by atoms with van der Waals surface area (Å²) in [7, 11) is 1.33. The molecule has 0 rings (SSSR count). The molecule has 0 radical (unpaired) electrons. The van der Waals surface area contributed by atoms with Crippen molar-refractivity contribution in [2.24, 2.45) is 0 Å². The zero-order valence-corrected chi connectivity index (χ0v) is 9.24. The van der Waals surface area contributed by atoms with Gasteiger partial charge >= 0.3 is 5.97 Å². The molecular weight excluding hydrogens is 204 g/mol. The van der Waals surface area contributed by atoms with Crippen LogP contribution >= 0.6 is 0 Å². The van der Waals surface area contributed by atoms with Gasteiger partial charge in [0.25, 0.3) is 0 Å². The van der Waals surface area contributed by atoms with Crippen LogP contribution in [0.3, 0.4) is 0 Å². The van der Waals surface area contributed by atoms with Crippen molar-refractivity contribution in [2.45, 2.75) is 0 Å². The van der Waals surface area contributed by atoms with Crippen LogP contribution in [0.15, 0.2) is 60.8 Å². The maximum Gasteiger partial charge on any atom is 0.330 e. The fraction of sp³-hybridized carbons (Fsp3) is 0.154. The molecule has 3 heteroatoms. The second-order valence-corrected chi connectivity index (χ2v) is 2.65. The Hall–Kier alpha value is -1.87. The van der Waals surface area contributed by atoms with Gasteiger partial charge in [-0.2, -0.15) is 0 Å². The van der Waals surface area contributed by atoms with E-state index in [9.17, 15) is 4.79 Å². The van der Waals surface area contributed by atoms with Crippen LogP contribution in [0.2, 0.25) is 0 Å². The second kappa shape index (κ2) is 11.2. The van der Waals surface area contributed by atoms with E-state index < -0.39 is 0 Å². The average molecular weight is 220 g/mol. The smallest absolute Gasteiger partial charge is 0.330 e. The van der Waals surface area contributed by atoms with Gasteiger partial charge in [0.05, 0.1) is 13.7 Å². The summed E-state index contributed by atoms with van der Waals surface area (Å²) in [5.41, 5.74) is 0. The zero-order chi connectivity index (χ0) is 12.1. The highest BCUT2D eigenvalue weighted by Gasteiger charge is 1.85. The third-order valence-corrected chi connectivity index (χ3v) is 1.45. The molecule has 0 saturated heterocycles. The van der Waals surface area contributed by atoms with Crippen LogP contribution in [0.4, 0.5) is 0 Å². The highest BCUT2D eigenvalue weighted by atomic mass is 16.5. The molecule has 0 fully saturated rings. The number of hydrogen-bond acceptors (Lipinski definition) is 3. The lowest BCUT2D eigenvalue weighted by Gasteiger charge is -1.85. The molecule has 0 saturated carbocycles. The number of carbonyl (C=O) groups excluding carboxylic acids is 1. The number of methoxy groups -OCH3 is 1. The second-order valence-electron chi connectivity index (χ2n) is 2.65. The van der Waals surface area contributed by atoms with Gasteiger partial charge in [-0.05, 0) is 0 Å². The molecule has 16 heavy (non-hydrogen) atoms. The van der Waals surface area contributed by atoms with Crippen molar-refractivity contribution in [1.82, 2.24) is 0 Å². The maximum absolute atomic E-state index is 10.6. The molecule has 0 aliphatic rings. The Bertz CT molecular complexity index is 320. The van der Waals surface area contributed by atoms with Gasteiger partial charge in [-0.25, -0.2) is 4.79 Å². The fourth-order valence-corrected chi connectivity index (χ4v) is 0.726. The summed E-state index contributed by atoms with van der Waals surface area (Å²) in [5, 5.41) is 8.44. The molecule has 0 amide bonds. The minimum Gasteiger partial charge on any atom is -0.466 e. The Labute approximate surface area is 95.7 Å². The van der Waals surface area contributed by atoms with Gasteiger partial charge in [-0.3, -0.25) is 0 Å². The van der Waals surface area contributed by atoms with Crippen LogP contribution < -0.4 is 0 Å². The lowest BCUT2D eigenvalue weighted by Crippen LogP contribution is -1.92. The summed E-state index contributed by atoms with van der Waals surface area (Å²) in [4.78, 5) is 10.6. The van der Waals surface area contributed by atoms with Gasteiger partial charge in [-0.15, -0.1) is 0 Å². The third kappa shape index (κ3) is 10.2. The summed E-state index contributed by atoms with van der Waals surface area (Å²) >= 11 is 0. The summed E-state index contributed by atoms with van der Waals surface area (Å²) in [6.45, 7) is 0.0479. The Morgan fingerprint density at radius 1 is 1.00 bits per heavy atom. The predicted octanol–water partition coefficient (Wildman–Crippen LogP) is 1.93. The number of esters is 1. The number of carbonyl (C=O) groups is 1. The van der Waals surface area contributed by atoms with Crippen LogP contribution in [0.5, 0.6) is 0 Å². The maximum atomic E-state index is 10.6. The van der Waals surface area contributed by atoms with Crippen molar-refractivity contribution < 1.29 is 14.6 Å². The number of aliphatic hydroxyl groups excluding tert-OH is 1. The van der Waals surface area contributed by atoms with E-state index >= 15 is 0 Å². The first-order chi connectivity index (χ1) is 7.81. The van der Waals surface area contributed by atoms with Crippen molar-refractivity contribution in [3.05, 3.63) is 60.8 Å². The van der Waals surface area contributed by atoms with Gasteiger partial charge in [0.15, 0.2) is 0 Å². The third-order valence-electron chi connectivity index (χ3n) is 1.45. The average Bonchev–Trinajstić information content (AvgIpc) is 2.31. The van der Waals surface area contributed by atoms with E-state index in [-0.39, 0.29) is 12.6 Å². The molecule has 0 atom stereocenters. The molecule has 0 aliphatic carbocycles. The van der Waals surface area contributed by atoms with Crippen LogP contribution in [-0.4, -0.2) is 24.8 Å². The first-order valence-corrected chi connectivity index (χ1v) is 4.83. The highest BCUT2D eigenvalue weighted by Crippen LogP contribution is 1.84. The van der Waals surface area contributed by atoms with Gasteiger partial charge in [0, 0.05) is 6.08 Å². The number of hydrogen-bond donors (Lipinski definition) is 1. The van der Waals surface area contributed by atoms with E-state index in [1.807, 2.05) is 24.3 Å². The van der Waals surface area contributed by atoms with Gasteiger partial charge < -0.3 is 9.84 Å². The molecule has 0 bridgehead atoms. The number of allylic oxidation sites excluding steroid dienone is 8. The molecular formula is C13H16O3. The normalized spacial score (nSPS) is 12.9. The Balaban J connectivity index is 3.79. The lowest BCUT2D eigenvalue weighted by atomic mass is 10.3. The van der Waals surface area contributed by atoms with Gasteiger partial charge in [0.1, 0.15) is 0 Å². The summed E-state index contributed by atoms with van der Waals surface area (Å²) in [6.07, 6.45) is 17.2. The largest absolute Gasteiger partial charge is 0.466 e. The minimum absolute atomic E-state index is 0.0479. The van der Waals surface area contributed by atoms with Crippen LogP contribution in [0.25, 0.3) is 0 Å². The Kier molecular flexibility index (Phi) is 9.90. The molecule has 0 aromatic rings.